The van der Waals surface area contributed by atoms with Crippen molar-refractivity contribution >= 4 is 0 Å². The van der Waals surface area contributed by atoms with Crippen LogP contribution in [0.25, 0.3) is 0 Å². The van der Waals surface area contributed by atoms with Crippen molar-refractivity contribution in [3.8, 4) is 0 Å². The molecule has 0 radical (unpaired) electrons. The zero-order chi connectivity index (χ0) is 9.52. The maximum atomic E-state index is 3.64. The normalized spacial score (nSPS) is 19.6. The summed E-state index contributed by atoms with van der Waals surface area (Å²) in [6, 6.07) is 0.786. The third-order valence-corrected chi connectivity index (χ3v) is 2.73. The van der Waals surface area contributed by atoms with Crippen LogP contribution in [0.1, 0.15) is 39.5 Å². The maximum absolute atomic E-state index is 3.64. The molecule has 1 rings (SSSR count). The van der Waals surface area contributed by atoms with Gasteiger partial charge in [0.05, 0.1) is 0 Å². The fraction of sp³-hybridized carbons (Fsp3) is 1.00. The van der Waals surface area contributed by atoms with Crippen molar-refractivity contribution in [2.75, 3.05) is 19.6 Å². The lowest BCUT2D eigenvalue weighted by atomic mass is 10.1. The van der Waals surface area contributed by atoms with E-state index in [1.54, 1.807) is 0 Å². The van der Waals surface area contributed by atoms with E-state index in [1.807, 2.05) is 0 Å². The van der Waals surface area contributed by atoms with Crippen LogP contribution in [0.15, 0.2) is 0 Å². The van der Waals surface area contributed by atoms with Crippen molar-refractivity contribution in [1.29, 1.82) is 0 Å². The number of hydrogen-bond acceptors (Lipinski definition) is 2. The van der Waals surface area contributed by atoms with Gasteiger partial charge in [-0.3, -0.25) is 0 Å². The molecule has 0 aromatic carbocycles. The molecule has 2 nitrogen and oxygen atoms in total. The highest BCUT2D eigenvalue weighted by Gasteiger charge is 2.10. The molecule has 1 heterocycles. The van der Waals surface area contributed by atoms with E-state index in [4.69, 9.17) is 0 Å². The van der Waals surface area contributed by atoms with Crippen LogP contribution in [0.4, 0.5) is 0 Å². The molecule has 13 heavy (non-hydrogen) atoms. The quantitative estimate of drug-likeness (QED) is 0.636. The molecule has 0 spiro atoms. The third kappa shape index (κ3) is 5.27. The lowest BCUT2D eigenvalue weighted by Gasteiger charge is -2.23. The lowest BCUT2D eigenvalue weighted by molar-refractivity contribution is 0.379. The summed E-state index contributed by atoms with van der Waals surface area (Å²) in [7, 11) is 0. The predicted octanol–water partition coefficient (Wildman–Crippen LogP) is 1.76. The average molecular weight is 184 g/mol. The zero-order valence-corrected chi connectivity index (χ0v) is 9.10. The van der Waals surface area contributed by atoms with Gasteiger partial charge in [0, 0.05) is 6.04 Å². The molecule has 78 valence electrons. The van der Waals surface area contributed by atoms with Gasteiger partial charge in [-0.15, -0.1) is 0 Å². The summed E-state index contributed by atoms with van der Waals surface area (Å²) in [6.45, 7) is 8.20. The topological polar surface area (TPSA) is 24.1 Å². The summed E-state index contributed by atoms with van der Waals surface area (Å²) in [4.78, 5) is 0. The number of rotatable bonds is 5. The average Bonchev–Trinajstić information content (AvgIpc) is 2.14. The van der Waals surface area contributed by atoms with Gasteiger partial charge in [-0.25, -0.2) is 0 Å². The molecule has 0 aromatic rings. The summed E-state index contributed by atoms with van der Waals surface area (Å²) >= 11 is 0. The highest BCUT2D eigenvalue weighted by atomic mass is 15.0. The highest BCUT2D eigenvalue weighted by molar-refractivity contribution is 4.73. The van der Waals surface area contributed by atoms with Crippen LogP contribution in [0.3, 0.4) is 0 Å². The first-order valence-corrected chi connectivity index (χ1v) is 5.73. The van der Waals surface area contributed by atoms with E-state index in [0.29, 0.717) is 0 Å². The summed E-state index contributed by atoms with van der Waals surface area (Å²) < 4.78 is 0. The van der Waals surface area contributed by atoms with Crippen molar-refractivity contribution in [1.82, 2.24) is 10.6 Å². The van der Waals surface area contributed by atoms with Crippen LogP contribution < -0.4 is 10.6 Å². The molecule has 1 aliphatic heterocycles. The Balaban J connectivity index is 1.92. The van der Waals surface area contributed by atoms with E-state index in [1.165, 1.54) is 45.3 Å². The Morgan fingerprint density at radius 2 is 2.00 bits per heavy atom. The molecule has 1 saturated heterocycles. The van der Waals surface area contributed by atoms with Gasteiger partial charge in [-0.2, -0.15) is 0 Å². The van der Waals surface area contributed by atoms with Gasteiger partial charge in [-0.1, -0.05) is 13.8 Å². The molecule has 0 amide bonds. The summed E-state index contributed by atoms with van der Waals surface area (Å²) in [5.74, 6) is 0.856. The van der Waals surface area contributed by atoms with E-state index in [2.05, 4.69) is 24.5 Å². The second-order valence-corrected chi connectivity index (χ2v) is 4.51. The molecule has 0 atom stereocenters. The fourth-order valence-corrected chi connectivity index (χ4v) is 1.84. The Labute approximate surface area is 82.5 Å². The molecule has 2 heteroatoms. The van der Waals surface area contributed by atoms with Crippen LogP contribution >= 0.6 is 0 Å². The Morgan fingerprint density at radius 3 is 2.62 bits per heavy atom. The molecule has 0 aliphatic carbocycles. The summed E-state index contributed by atoms with van der Waals surface area (Å²) in [5, 5.41) is 7.02. The smallest absolute Gasteiger partial charge is 0.00912 e. The van der Waals surface area contributed by atoms with Crippen LogP contribution in [0.5, 0.6) is 0 Å². The minimum Gasteiger partial charge on any atom is -0.317 e. The van der Waals surface area contributed by atoms with E-state index in [-0.39, 0.29) is 0 Å². The van der Waals surface area contributed by atoms with Gasteiger partial charge in [-0.05, 0) is 51.2 Å². The first-order chi connectivity index (χ1) is 6.29. The van der Waals surface area contributed by atoms with Crippen LogP contribution in [-0.4, -0.2) is 25.7 Å². The van der Waals surface area contributed by atoms with Crippen molar-refractivity contribution < 1.29 is 0 Å². The first-order valence-electron chi connectivity index (χ1n) is 5.73. The predicted molar refractivity (Wildman–Crippen MR) is 58.0 cm³/mol. The Bertz CT molecular complexity index is 117. The van der Waals surface area contributed by atoms with E-state index >= 15 is 0 Å². The molecular formula is C11H24N2. The molecule has 0 unspecified atom stereocenters. The standard InChI is InChI=1S/C11H24N2/c1-10(2)4-3-7-13-11-5-8-12-9-6-11/h10-13H,3-9H2,1-2H3. The Morgan fingerprint density at radius 1 is 1.31 bits per heavy atom. The fourth-order valence-electron chi connectivity index (χ4n) is 1.84. The minimum absolute atomic E-state index is 0.786. The second kappa shape index (κ2) is 6.39. The monoisotopic (exact) mass is 184 g/mol. The van der Waals surface area contributed by atoms with Crippen LogP contribution in [0, 0.1) is 5.92 Å². The Hall–Kier alpha value is -0.0800. The summed E-state index contributed by atoms with van der Waals surface area (Å²) in [6.07, 6.45) is 5.31. The van der Waals surface area contributed by atoms with Crippen LogP contribution in [-0.2, 0) is 0 Å². The number of hydrogen-bond donors (Lipinski definition) is 2. The van der Waals surface area contributed by atoms with Gasteiger partial charge in [0.1, 0.15) is 0 Å². The maximum Gasteiger partial charge on any atom is 0.00912 e. The van der Waals surface area contributed by atoms with E-state index < -0.39 is 0 Å². The second-order valence-electron chi connectivity index (χ2n) is 4.51. The van der Waals surface area contributed by atoms with Crippen molar-refractivity contribution in [2.45, 2.75) is 45.6 Å². The minimum atomic E-state index is 0.786. The van der Waals surface area contributed by atoms with Gasteiger partial charge in [0.2, 0.25) is 0 Å². The number of piperidine rings is 1. The van der Waals surface area contributed by atoms with Gasteiger partial charge >= 0.3 is 0 Å². The molecule has 0 aromatic heterocycles. The van der Waals surface area contributed by atoms with Crippen molar-refractivity contribution in [3.05, 3.63) is 0 Å². The zero-order valence-electron chi connectivity index (χ0n) is 9.10. The molecule has 0 saturated carbocycles. The molecular weight excluding hydrogens is 160 g/mol. The molecule has 1 aliphatic rings. The lowest BCUT2D eigenvalue weighted by Crippen LogP contribution is -2.40. The largest absolute Gasteiger partial charge is 0.317 e. The molecule has 1 fully saturated rings. The van der Waals surface area contributed by atoms with Gasteiger partial charge < -0.3 is 10.6 Å². The van der Waals surface area contributed by atoms with E-state index in [0.717, 1.165) is 12.0 Å². The van der Waals surface area contributed by atoms with Crippen molar-refractivity contribution in [3.63, 3.8) is 0 Å². The highest BCUT2D eigenvalue weighted by Crippen LogP contribution is 2.04. The van der Waals surface area contributed by atoms with E-state index in [9.17, 15) is 0 Å². The Kier molecular flexibility index (Phi) is 5.40. The summed E-state index contributed by atoms with van der Waals surface area (Å²) in [5.41, 5.74) is 0. The first kappa shape index (κ1) is 11.0. The van der Waals surface area contributed by atoms with Gasteiger partial charge in [0.15, 0.2) is 0 Å². The van der Waals surface area contributed by atoms with Gasteiger partial charge in [0.25, 0.3) is 0 Å². The number of nitrogens with one attached hydrogen (secondary N) is 2. The molecule has 2 N–H and O–H groups in total. The third-order valence-electron chi connectivity index (χ3n) is 2.73. The van der Waals surface area contributed by atoms with Crippen LogP contribution in [0.2, 0.25) is 0 Å². The van der Waals surface area contributed by atoms with Crippen molar-refractivity contribution in [2.24, 2.45) is 5.92 Å². The molecule has 0 bridgehead atoms. The SMILES string of the molecule is CC(C)CCCNC1CCNCC1.